The highest BCUT2D eigenvalue weighted by Crippen LogP contribution is 2.37. The van der Waals surface area contributed by atoms with Gasteiger partial charge in [-0.2, -0.15) is 21.6 Å². The van der Waals surface area contributed by atoms with Crippen molar-refractivity contribution in [1.29, 1.82) is 0 Å². The number of aromatic nitrogens is 1. The first kappa shape index (κ1) is 18.4. The maximum atomic E-state index is 12.4. The number of hydrogen-bond acceptors (Lipinski definition) is 5. The third-order valence-electron chi connectivity index (χ3n) is 2.63. The maximum Gasteiger partial charge on any atom is 0.534 e. The molecule has 0 radical (unpaired) electrons. The van der Waals surface area contributed by atoms with E-state index in [0.717, 1.165) is 12.1 Å². The molecule has 0 spiro atoms. The first-order chi connectivity index (χ1) is 10.9. The van der Waals surface area contributed by atoms with Gasteiger partial charge in [0.15, 0.2) is 5.75 Å². The molecule has 0 aliphatic carbocycles. The molecule has 0 saturated carbocycles. The van der Waals surface area contributed by atoms with Crippen LogP contribution in [0.5, 0.6) is 5.75 Å². The molecule has 0 amide bonds. The summed E-state index contributed by atoms with van der Waals surface area (Å²) in [5.74, 6) is -0.104. The molecule has 0 unspecified atom stereocenters. The molecule has 0 aliphatic heterocycles. The second kappa shape index (κ2) is 6.17. The standard InChI is InChI=1S/C12H9F3NO6PS/c13-12(14,15)24(20,21)22-10-3-1-2-8-4-5-9(16-11(8)10)6-7-23(17,18)19/h1-7H,(H2,17,18,19)/b7-6+. The zero-order valence-corrected chi connectivity index (χ0v) is 13.2. The van der Waals surface area contributed by atoms with Gasteiger partial charge in [-0.25, -0.2) is 4.98 Å². The van der Waals surface area contributed by atoms with Gasteiger partial charge in [0.2, 0.25) is 0 Å². The minimum absolute atomic E-state index is 0.00807. The van der Waals surface area contributed by atoms with E-state index in [2.05, 4.69) is 9.17 Å². The largest absolute Gasteiger partial charge is 0.534 e. The summed E-state index contributed by atoms with van der Waals surface area (Å²) in [5.41, 5.74) is -5.82. The van der Waals surface area contributed by atoms with Gasteiger partial charge >= 0.3 is 23.2 Å². The number of benzene rings is 1. The zero-order chi connectivity index (χ0) is 18.2. The quantitative estimate of drug-likeness (QED) is 0.474. The first-order valence-corrected chi connectivity index (χ1v) is 9.13. The molecule has 24 heavy (non-hydrogen) atoms. The highest BCUT2D eigenvalue weighted by atomic mass is 32.2. The van der Waals surface area contributed by atoms with Gasteiger partial charge in [-0.05, 0) is 18.2 Å². The van der Waals surface area contributed by atoms with E-state index in [1.165, 1.54) is 24.3 Å². The van der Waals surface area contributed by atoms with E-state index in [4.69, 9.17) is 9.79 Å². The summed E-state index contributed by atoms with van der Waals surface area (Å²) in [4.78, 5) is 21.4. The zero-order valence-electron chi connectivity index (χ0n) is 11.5. The number of pyridine rings is 1. The van der Waals surface area contributed by atoms with Crippen LogP contribution in [0.25, 0.3) is 17.0 Å². The Morgan fingerprint density at radius 3 is 2.42 bits per heavy atom. The molecule has 1 heterocycles. The number of para-hydroxylation sites is 1. The number of halogens is 3. The van der Waals surface area contributed by atoms with Crippen LogP contribution in [-0.4, -0.2) is 28.7 Å². The third kappa shape index (κ3) is 4.32. The maximum absolute atomic E-state index is 12.4. The fourth-order valence-corrected chi connectivity index (χ4v) is 2.45. The Labute approximate surface area is 133 Å². The Balaban J connectivity index is 2.52. The number of alkyl halides is 3. The van der Waals surface area contributed by atoms with Crippen molar-refractivity contribution in [3.8, 4) is 5.75 Å². The molecule has 2 N–H and O–H groups in total. The topological polar surface area (TPSA) is 114 Å². The van der Waals surface area contributed by atoms with Crippen LogP contribution >= 0.6 is 7.60 Å². The SMILES string of the molecule is O=P(O)(O)/C=C/c1ccc2cccc(OS(=O)(=O)C(F)(F)F)c2n1. The number of nitrogens with zero attached hydrogens (tertiary/aromatic N) is 1. The highest BCUT2D eigenvalue weighted by molar-refractivity contribution is 7.88. The summed E-state index contributed by atoms with van der Waals surface area (Å²) in [6.45, 7) is 0. The Hall–Kier alpha value is -1.94. The van der Waals surface area contributed by atoms with Gasteiger partial charge in [-0.15, -0.1) is 0 Å². The molecule has 0 fully saturated rings. The summed E-state index contributed by atoms with van der Waals surface area (Å²) < 4.78 is 74.4. The van der Waals surface area contributed by atoms with Crippen LogP contribution in [0.15, 0.2) is 36.1 Å². The molecule has 1 aromatic heterocycles. The summed E-state index contributed by atoms with van der Waals surface area (Å²) in [5, 5.41) is 0.276. The minimum atomic E-state index is -5.87. The van der Waals surface area contributed by atoms with Crippen LogP contribution in [0.1, 0.15) is 5.69 Å². The van der Waals surface area contributed by atoms with Gasteiger partial charge in [0.05, 0.1) is 5.69 Å². The number of rotatable bonds is 4. The lowest BCUT2D eigenvalue weighted by atomic mass is 10.2. The summed E-state index contributed by atoms with van der Waals surface area (Å²) >= 11 is 0. The lowest BCUT2D eigenvalue weighted by Gasteiger charge is -2.11. The molecule has 2 aromatic rings. The fraction of sp³-hybridized carbons (Fsp3) is 0.0833. The molecule has 1 aromatic carbocycles. The van der Waals surface area contributed by atoms with E-state index in [1.807, 2.05) is 0 Å². The van der Waals surface area contributed by atoms with Crippen molar-refractivity contribution in [2.24, 2.45) is 0 Å². The average Bonchev–Trinajstić information content (AvgIpc) is 2.43. The molecule has 130 valence electrons. The van der Waals surface area contributed by atoms with E-state index in [-0.39, 0.29) is 16.6 Å². The lowest BCUT2D eigenvalue weighted by molar-refractivity contribution is -0.0499. The van der Waals surface area contributed by atoms with E-state index in [0.29, 0.717) is 5.82 Å². The lowest BCUT2D eigenvalue weighted by Crippen LogP contribution is -2.28. The predicted molar refractivity (Wildman–Crippen MR) is 78.4 cm³/mol. The Bertz CT molecular complexity index is 951. The van der Waals surface area contributed by atoms with E-state index < -0.39 is 29.0 Å². The molecule has 7 nitrogen and oxygen atoms in total. The smallest absolute Gasteiger partial charge is 0.374 e. The van der Waals surface area contributed by atoms with Gasteiger partial charge in [0, 0.05) is 11.2 Å². The monoisotopic (exact) mass is 383 g/mol. The van der Waals surface area contributed by atoms with Gasteiger partial charge < -0.3 is 14.0 Å². The summed E-state index contributed by atoms with van der Waals surface area (Å²) in [7, 11) is -10.3. The van der Waals surface area contributed by atoms with Crippen molar-refractivity contribution in [2.45, 2.75) is 5.51 Å². The molecular formula is C12H9F3NO6PS. The van der Waals surface area contributed by atoms with Crippen LogP contribution in [0.4, 0.5) is 13.2 Å². The molecule has 0 saturated heterocycles. The number of fused-ring (bicyclic) bond motifs is 1. The van der Waals surface area contributed by atoms with E-state index >= 15 is 0 Å². The van der Waals surface area contributed by atoms with Crippen molar-refractivity contribution in [3.05, 3.63) is 41.8 Å². The summed E-state index contributed by atoms with van der Waals surface area (Å²) in [6.07, 6.45) is 0.954. The van der Waals surface area contributed by atoms with Crippen LogP contribution in [0.2, 0.25) is 0 Å². The highest BCUT2D eigenvalue weighted by Gasteiger charge is 2.48. The molecule has 2 rings (SSSR count). The van der Waals surface area contributed by atoms with Crippen molar-refractivity contribution >= 4 is 34.7 Å². The molecular weight excluding hydrogens is 374 g/mol. The van der Waals surface area contributed by atoms with Crippen LogP contribution < -0.4 is 4.18 Å². The van der Waals surface area contributed by atoms with Gasteiger partial charge in [-0.3, -0.25) is 4.57 Å². The molecule has 0 aliphatic rings. The third-order valence-corrected chi connectivity index (χ3v) is 4.13. The second-order valence-electron chi connectivity index (χ2n) is 4.45. The van der Waals surface area contributed by atoms with E-state index in [9.17, 15) is 26.2 Å². The van der Waals surface area contributed by atoms with Crippen LogP contribution in [-0.2, 0) is 14.7 Å². The molecule has 12 heteroatoms. The fourth-order valence-electron chi connectivity index (χ4n) is 1.63. The first-order valence-electron chi connectivity index (χ1n) is 6.04. The van der Waals surface area contributed by atoms with Crippen LogP contribution in [0, 0.1) is 0 Å². The predicted octanol–water partition coefficient (Wildman–Crippen LogP) is 2.61. The van der Waals surface area contributed by atoms with Crippen molar-refractivity contribution < 1.29 is 40.1 Å². The van der Waals surface area contributed by atoms with Crippen molar-refractivity contribution in [1.82, 2.24) is 4.98 Å². The molecule has 0 atom stereocenters. The Morgan fingerprint density at radius 1 is 1.17 bits per heavy atom. The molecule has 0 bridgehead atoms. The van der Waals surface area contributed by atoms with Crippen LogP contribution in [0.3, 0.4) is 0 Å². The summed E-state index contributed by atoms with van der Waals surface area (Å²) in [6, 6.07) is 6.43. The van der Waals surface area contributed by atoms with Gasteiger partial charge in [0.25, 0.3) is 0 Å². The van der Waals surface area contributed by atoms with Crippen molar-refractivity contribution in [3.63, 3.8) is 0 Å². The Kier molecular flexibility index (Phi) is 4.73. The minimum Gasteiger partial charge on any atom is -0.374 e. The normalized spacial score (nSPS) is 13.5. The van der Waals surface area contributed by atoms with Gasteiger partial charge in [0.1, 0.15) is 5.52 Å². The Morgan fingerprint density at radius 2 is 1.83 bits per heavy atom. The average molecular weight is 383 g/mol. The number of hydrogen-bond donors (Lipinski definition) is 2. The second-order valence-corrected chi connectivity index (χ2v) is 7.47. The van der Waals surface area contributed by atoms with E-state index in [1.54, 1.807) is 0 Å². The van der Waals surface area contributed by atoms with Gasteiger partial charge in [-0.1, -0.05) is 18.2 Å². The van der Waals surface area contributed by atoms with Crippen molar-refractivity contribution in [2.75, 3.05) is 0 Å².